The minimum absolute atomic E-state index is 0.0893. The number of esters is 1. The predicted octanol–water partition coefficient (Wildman–Crippen LogP) is 6.03. The van der Waals surface area contributed by atoms with E-state index in [-0.39, 0.29) is 34.6 Å². The average molecular weight is 457 g/mol. The highest BCUT2D eigenvalue weighted by Crippen LogP contribution is 2.67. The summed E-state index contributed by atoms with van der Waals surface area (Å²) < 4.78 is 6.11. The van der Waals surface area contributed by atoms with E-state index in [1.165, 1.54) is 25.3 Å². The summed E-state index contributed by atoms with van der Waals surface area (Å²) in [5, 5.41) is 10.1. The Kier molecular flexibility index (Phi) is 6.48. The minimum Gasteiger partial charge on any atom is -0.462 e. The van der Waals surface area contributed by atoms with Gasteiger partial charge in [0, 0.05) is 18.3 Å². The molecule has 1 N–H and O–H groups in total. The molecule has 0 aromatic carbocycles. The lowest BCUT2D eigenvalue weighted by Crippen LogP contribution is -2.57. The number of hydrogen-bond acceptors (Lipinski definition) is 4. The van der Waals surface area contributed by atoms with E-state index in [1.807, 2.05) is 19.9 Å². The van der Waals surface area contributed by atoms with Crippen LogP contribution in [0.5, 0.6) is 0 Å². The predicted molar refractivity (Wildman–Crippen MR) is 130 cm³/mol. The van der Waals surface area contributed by atoms with Crippen LogP contribution in [0.1, 0.15) is 92.9 Å². The van der Waals surface area contributed by atoms with Gasteiger partial charge < -0.3 is 9.84 Å². The van der Waals surface area contributed by atoms with E-state index < -0.39 is 5.60 Å². The smallest absolute Gasteiger partial charge is 0.302 e. The number of ether oxygens (including phenoxy) is 1. The van der Waals surface area contributed by atoms with Crippen molar-refractivity contribution in [3.8, 4) is 0 Å². The standard InChI is InChI=1S/C29H44O4/c1-18(8-7-14-27(3,4)32)23-11-12-24-22-10-9-20-16-21(31)13-15-28(20,5)26(22)25(33-19(2)30)17-29(23,24)6/h13,15-16,18,22-26,32H,7-12,14,17H2,1-6H3/t18-,22+,23-,24+,25-,26-,28+,29-/m1/s1. The van der Waals surface area contributed by atoms with Crippen molar-refractivity contribution in [1.82, 2.24) is 0 Å². The van der Waals surface area contributed by atoms with Crippen LogP contribution in [0.3, 0.4) is 0 Å². The molecule has 0 amide bonds. The van der Waals surface area contributed by atoms with Gasteiger partial charge in [-0.1, -0.05) is 45.3 Å². The molecule has 0 unspecified atom stereocenters. The van der Waals surface area contributed by atoms with E-state index in [0.717, 1.165) is 38.5 Å². The fraction of sp³-hybridized carbons (Fsp3) is 0.793. The summed E-state index contributed by atoms with van der Waals surface area (Å²) in [6, 6.07) is 0. The maximum absolute atomic E-state index is 12.2. The maximum Gasteiger partial charge on any atom is 0.302 e. The van der Waals surface area contributed by atoms with E-state index in [4.69, 9.17) is 4.74 Å². The van der Waals surface area contributed by atoms with Gasteiger partial charge in [0.1, 0.15) is 6.10 Å². The molecule has 0 aromatic heterocycles. The highest BCUT2D eigenvalue weighted by Gasteiger charge is 2.63. The van der Waals surface area contributed by atoms with Crippen LogP contribution in [0.15, 0.2) is 23.8 Å². The molecule has 4 aliphatic rings. The van der Waals surface area contributed by atoms with Crippen molar-refractivity contribution in [3.05, 3.63) is 23.8 Å². The van der Waals surface area contributed by atoms with Crippen molar-refractivity contribution in [3.63, 3.8) is 0 Å². The topological polar surface area (TPSA) is 63.6 Å². The third-order valence-electron chi connectivity index (χ3n) is 10.00. The van der Waals surface area contributed by atoms with Crippen molar-refractivity contribution in [2.24, 2.45) is 40.4 Å². The van der Waals surface area contributed by atoms with E-state index in [2.05, 4.69) is 26.8 Å². The quantitative estimate of drug-likeness (QED) is 0.496. The van der Waals surface area contributed by atoms with Gasteiger partial charge in [0.05, 0.1) is 5.60 Å². The molecule has 0 bridgehead atoms. The van der Waals surface area contributed by atoms with E-state index in [0.29, 0.717) is 23.7 Å². The fourth-order valence-electron chi connectivity index (χ4n) is 8.64. The van der Waals surface area contributed by atoms with Gasteiger partial charge in [-0.25, -0.2) is 0 Å². The molecule has 0 heterocycles. The van der Waals surface area contributed by atoms with E-state index >= 15 is 0 Å². The lowest BCUT2D eigenvalue weighted by atomic mass is 9.46. The van der Waals surface area contributed by atoms with Gasteiger partial charge in [-0.15, -0.1) is 0 Å². The number of aliphatic hydroxyl groups is 1. The Morgan fingerprint density at radius 1 is 1.27 bits per heavy atom. The second kappa shape index (κ2) is 8.66. The van der Waals surface area contributed by atoms with Crippen LogP contribution >= 0.6 is 0 Å². The molecule has 0 spiro atoms. The first kappa shape index (κ1) is 24.7. The van der Waals surface area contributed by atoms with Crippen molar-refractivity contribution >= 4 is 11.8 Å². The molecule has 4 nitrogen and oxygen atoms in total. The Balaban J connectivity index is 1.61. The normalized spacial score (nSPS) is 41.0. The molecule has 4 heteroatoms. The molecule has 3 saturated carbocycles. The highest BCUT2D eigenvalue weighted by atomic mass is 16.5. The number of ketones is 1. The van der Waals surface area contributed by atoms with Crippen LogP contribution in [0.25, 0.3) is 0 Å². The number of rotatable bonds is 6. The maximum atomic E-state index is 12.2. The summed E-state index contributed by atoms with van der Waals surface area (Å²) >= 11 is 0. The third-order valence-corrected chi connectivity index (χ3v) is 10.00. The molecular weight excluding hydrogens is 412 g/mol. The molecule has 0 saturated heterocycles. The SMILES string of the molecule is CC(=O)O[C@@H]1C[C@]2(C)[C@@H]([C@H](C)CCCC(C)(C)O)CC[C@H]2[C@@H]2CCC3=CC(=O)C=C[C@]3(C)[C@H]21. The van der Waals surface area contributed by atoms with Crippen molar-refractivity contribution < 1.29 is 19.4 Å². The molecule has 8 atom stereocenters. The van der Waals surface area contributed by atoms with Gasteiger partial charge in [0.25, 0.3) is 0 Å². The number of allylic oxidation sites excluding steroid dienone is 4. The number of hydrogen-bond donors (Lipinski definition) is 1. The molecule has 0 aromatic rings. The zero-order chi connectivity index (χ0) is 24.2. The lowest BCUT2D eigenvalue weighted by molar-refractivity contribution is -0.172. The average Bonchev–Trinajstić information content (AvgIpc) is 3.03. The molecule has 0 radical (unpaired) electrons. The number of carbonyl (C=O) groups excluding carboxylic acids is 2. The first-order valence-corrected chi connectivity index (χ1v) is 13.2. The molecular formula is C29H44O4. The summed E-state index contributed by atoms with van der Waals surface area (Å²) in [5.74, 6) is 2.51. The summed E-state index contributed by atoms with van der Waals surface area (Å²) in [4.78, 5) is 24.3. The summed E-state index contributed by atoms with van der Waals surface area (Å²) in [6.45, 7) is 12.5. The minimum atomic E-state index is -0.599. The monoisotopic (exact) mass is 456 g/mol. The summed E-state index contributed by atoms with van der Waals surface area (Å²) in [5.41, 5.74) is 0.597. The Morgan fingerprint density at radius 3 is 2.67 bits per heavy atom. The van der Waals surface area contributed by atoms with Crippen molar-refractivity contribution in [2.75, 3.05) is 0 Å². The lowest BCUT2D eigenvalue weighted by Gasteiger charge is -2.59. The van der Waals surface area contributed by atoms with E-state index in [1.54, 1.807) is 6.08 Å². The molecule has 3 fully saturated rings. The third kappa shape index (κ3) is 4.49. The van der Waals surface area contributed by atoms with Crippen LogP contribution in [0, 0.1) is 40.4 Å². The van der Waals surface area contributed by atoms with Crippen LogP contribution in [-0.4, -0.2) is 28.6 Å². The van der Waals surface area contributed by atoms with Crippen molar-refractivity contribution in [1.29, 1.82) is 0 Å². The van der Waals surface area contributed by atoms with E-state index in [9.17, 15) is 14.7 Å². The Labute approximate surface area is 200 Å². The van der Waals surface area contributed by atoms with Crippen LogP contribution in [-0.2, 0) is 14.3 Å². The van der Waals surface area contributed by atoms with Gasteiger partial charge in [-0.05, 0) is 93.6 Å². The van der Waals surface area contributed by atoms with Gasteiger partial charge in [-0.3, -0.25) is 9.59 Å². The Bertz CT molecular complexity index is 848. The highest BCUT2D eigenvalue weighted by molar-refractivity contribution is 6.01. The van der Waals surface area contributed by atoms with Crippen LogP contribution < -0.4 is 0 Å². The molecule has 4 rings (SSSR count). The van der Waals surface area contributed by atoms with Crippen LogP contribution in [0.2, 0.25) is 0 Å². The van der Waals surface area contributed by atoms with Crippen molar-refractivity contribution in [2.45, 2.75) is 105 Å². The Morgan fingerprint density at radius 2 is 2.00 bits per heavy atom. The second-order valence-corrected chi connectivity index (χ2v) is 12.7. The summed E-state index contributed by atoms with van der Waals surface area (Å²) in [7, 11) is 0. The molecule has 4 aliphatic carbocycles. The van der Waals surface area contributed by atoms with Gasteiger partial charge in [0.2, 0.25) is 0 Å². The zero-order valence-corrected chi connectivity index (χ0v) is 21.5. The first-order chi connectivity index (χ1) is 15.3. The fourth-order valence-corrected chi connectivity index (χ4v) is 8.64. The second-order valence-electron chi connectivity index (χ2n) is 12.7. The first-order valence-electron chi connectivity index (χ1n) is 13.2. The van der Waals surface area contributed by atoms with Gasteiger partial charge in [-0.2, -0.15) is 0 Å². The van der Waals surface area contributed by atoms with Gasteiger partial charge in [0.15, 0.2) is 5.78 Å². The molecule has 184 valence electrons. The molecule has 0 aliphatic heterocycles. The summed E-state index contributed by atoms with van der Waals surface area (Å²) in [6.07, 6.45) is 14.1. The Hall–Kier alpha value is -1.42. The van der Waals surface area contributed by atoms with Gasteiger partial charge >= 0.3 is 5.97 Å². The van der Waals surface area contributed by atoms with Crippen LogP contribution in [0.4, 0.5) is 0 Å². The largest absolute Gasteiger partial charge is 0.462 e. The zero-order valence-electron chi connectivity index (χ0n) is 21.5. The number of carbonyl (C=O) groups is 2. The number of fused-ring (bicyclic) bond motifs is 5. The molecule has 33 heavy (non-hydrogen) atoms.